The molecule has 3 nitrogen and oxygen atoms in total. The third kappa shape index (κ3) is 3.06. The third-order valence-corrected chi connectivity index (χ3v) is 2.51. The van der Waals surface area contributed by atoms with Gasteiger partial charge in [-0.25, -0.2) is 4.39 Å². The highest BCUT2D eigenvalue weighted by molar-refractivity contribution is 5.43. The number of aromatic nitrogens is 2. The van der Waals surface area contributed by atoms with E-state index in [0.717, 1.165) is 11.3 Å². The molecule has 0 spiro atoms. The topological polar surface area (TPSA) is 29.9 Å². The Kier molecular flexibility index (Phi) is 3.42. The van der Waals surface area contributed by atoms with Crippen LogP contribution in [-0.2, 0) is 6.54 Å². The van der Waals surface area contributed by atoms with Gasteiger partial charge in [0.25, 0.3) is 0 Å². The molecule has 0 aliphatic carbocycles. The highest BCUT2D eigenvalue weighted by Crippen LogP contribution is 2.11. The Hall–Kier alpha value is -1.84. The molecule has 2 aromatic rings. The number of hydrogen-bond acceptors (Lipinski definition) is 2. The van der Waals surface area contributed by atoms with Gasteiger partial charge in [0.2, 0.25) is 0 Å². The number of rotatable bonds is 4. The van der Waals surface area contributed by atoms with Gasteiger partial charge in [-0.3, -0.25) is 4.68 Å². The van der Waals surface area contributed by atoms with Gasteiger partial charge < -0.3 is 5.32 Å². The lowest BCUT2D eigenvalue weighted by Crippen LogP contribution is -2.01. The second-order valence-corrected chi connectivity index (χ2v) is 4.29. The van der Waals surface area contributed by atoms with Crippen LogP contribution in [0.25, 0.3) is 0 Å². The quantitative estimate of drug-likeness (QED) is 0.878. The van der Waals surface area contributed by atoms with E-state index >= 15 is 0 Å². The average Bonchev–Trinajstić information content (AvgIpc) is 2.75. The van der Waals surface area contributed by atoms with E-state index in [9.17, 15) is 4.39 Å². The van der Waals surface area contributed by atoms with Crippen LogP contribution in [-0.4, -0.2) is 9.78 Å². The molecule has 90 valence electrons. The summed E-state index contributed by atoms with van der Waals surface area (Å²) in [5.74, 6) is -0.229. The molecule has 2 rings (SSSR count). The standard InChI is InChI=1S/C13H16FN3/c1-10(2)17-9-11(8-16-17)7-15-13-5-3-4-12(14)6-13/h3-6,8-10,15H,7H2,1-2H3. The molecule has 0 atom stereocenters. The summed E-state index contributed by atoms with van der Waals surface area (Å²) in [6.07, 6.45) is 3.82. The number of nitrogens with zero attached hydrogens (tertiary/aromatic N) is 2. The molecule has 1 aromatic heterocycles. The highest BCUT2D eigenvalue weighted by atomic mass is 19.1. The summed E-state index contributed by atoms with van der Waals surface area (Å²) in [6.45, 7) is 4.81. The summed E-state index contributed by atoms with van der Waals surface area (Å²) < 4.78 is 14.9. The summed E-state index contributed by atoms with van der Waals surface area (Å²) in [6, 6.07) is 6.80. The van der Waals surface area contributed by atoms with Gasteiger partial charge in [-0.2, -0.15) is 5.10 Å². The molecule has 0 aliphatic rings. The molecule has 4 heteroatoms. The van der Waals surface area contributed by atoms with E-state index in [4.69, 9.17) is 0 Å². The molecule has 0 amide bonds. The number of halogens is 1. The average molecular weight is 233 g/mol. The maximum atomic E-state index is 12.9. The maximum Gasteiger partial charge on any atom is 0.125 e. The Labute approximate surface area is 100 Å². The fraction of sp³-hybridized carbons (Fsp3) is 0.308. The smallest absolute Gasteiger partial charge is 0.125 e. The summed E-state index contributed by atoms with van der Waals surface area (Å²) >= 11 is 0. The number of nitrogens with one attached hydrogen (secondary N) is 1. The Morgan fingerprint density at radius 1 is 1.41 bits per heavy atom. The Morgan fingerprint density at radius 3 is 2.88 bits per heavy atom. The lowest BCUT2D eigenvalue weighted by Gasteiger charge is -2.05. The molecule has 0 aliphatic heterocycles. The molecule has 0 saturated heterocycles. The van der Waals surface area contributed by atoms with E-state index in [0.29, 0.717) is 12.6 Å². The molecule has 1 aromatic carbocycles. The molecule has 1 N–H and O–H groups in total. The van der Waals surface area contributed by atoms with Gasteiger partial charge in [0, 0.05) is 30.0 Å². The van der Waals surface area contributed by atoms with Crippen molar-refractivity contribution in [3.63, 3.8) is 0 Å². The Morgan fingerprint density at radius 2 is 2.24 bits per heavy atom. The maximum absolute atomic E-state index is 12.9. The Balaban J connectivity index is 1.97. The largest absolute Gasteiger partial charge is 0.381 e. The van der Waals surface area contributed by atoms with Crippen molar-refractivity contribution >= 4 is 5.69 Å². The van der Waals surface area contributed by atoms with E-state index in [-0.39, 0.29) is 5.82 Å². The molecular formula is C13H16FN3. The SMILES string of the molecule is CC(C)n1cc(CNc2cccc(F)c2)cn1. The van der Waals surface area contributed by atoms with Gasteiger partial charge in [-0.05, 0) is 32.0 Å². The van der Waals surface area contributed by atoms with Crippen LogP contribution in [0.15, 0.2) is 36.7 Å². The minimum Gasteiger partial charge on any atom is -0.381 e. The van der Waals surface area contributed by atoms with E-state index in [2.05, 4.69) is 24.3 Å². The van der Waals surface area contributed by atoms with Crippen LogP contribution in [0.1, 0.15) is 25.5 Å². The van der Waals surface area contributed by atoms with Gasteiger partial charge in [-0.15, -0.1) is 0 Å². The fourth-order valence-electron chi connectivity index (χ4n) is 1.55. The normalized spacial score (nSPS) is 10.8. The lowest BCUT2D eigenvalue weighted by atomic mass is 10.3. The molecule has 17 heavy (non-hydrogen) atoms. The van der Waals surface area contributed by atoms with Crippen LogP contribution < -0.4 is 5.32 Å². The summed E-state index contributed by atoms with van der Waals surface area (Å²) in [4.78, 5) is 0. The van der Waals surface area contributed by atoms with Crippen molar-refractivity contribution in [3.8, 4) is 0 Å². The van der Waals surface area contributed by atoms with Crippen molar-refractivity contribution in [1.29, 1.82) is 0 Å². The molecule has 0 unspecified atom stereocenters. The van der Waals surface area contributed by atoms with Crippen LogP contribution in [0.5, 0.6) is 0 Å². The van der Waals surface area contributed by atoms with E-state index in [1.165, 1.54) is 12.1 Å². The number of benzene rings is 1. The highest BCUT2D eigenvalue weighted by Gasteiger charge is 2.01. The first kappa shape index (κ1) is 11.6. The first-order valence-corrected chi connectivity index (χ1v) is 5.67. The van der Waals surface area contributed by atoms with Crippen LogP contribution in [0.3, 0.4) is 0 Å². The minimum absolute atomic E-state index is 0.229. The predicted octanol–water partition coefficient (Wildman–Crippen LogP) is 3.22. The molecule has 0 bridgehead atoms. The molecular weight excluding hydrogens is 217 g/mol. The zero-order chi connectivity index (χ0) is 12.3. The molecule has 0 saturated carbocycles. The molecule has 0 radical (unpaired) electrons. The second kappa shape index (κ2) is 4.99. The zero-order valence-electron chi connectivity index (χ0n) is 10.0. The van der Waals surface area contributed by atoms with Crippen molar-refractivity contribution in [2.75, 3.05) is 5.32 Å². The van der Waals surface area contributed by atoms with Gasteiger partial charge >= 0.3 is 0 Å². The summed E-state index contributed by atoms with van der Waals surface area (Å²) in [5.41, 5.74) is 1.87. The minimum atomic E-state index is -0.229. The molecule has 0 fully saturated rings. The van der Waals surface area contributed by atoms with Gasteiger partial charge in [0.1, 0.15) is 5.82 Å². The van der Waals surface area contributed by atoms with Crippen LogP contribution >= 0.6 is 0 Å². The van der Waals surface area contributed by atoms with Crippen molar-refractivity contribution < 1.29 is 4.39 Å². The second-order valence-electron chi connectivity index (χ2n) is 4.29. The van der Waals surface area contributed by atoms with Gasteiger partial charge in [0.05, 0.1) is 6.20 Å². The van der Waals surface area contributed by atoms with Gasteiger partial charge in [0.15, 0.2) is 0 Å². The number of hydrogen-bond donors (Lipinski definition) is 1. The van der Waals surface area contributed by atoms with Gasteiger partial charge in [-0.1, -0.05) is 6.07 Å². The van der Waals surface area contributed by atoms with E-state index in [1.54, 1.807) is 6.07 Å². The summed E-state index contributed by atoms with van der Waals surface area (Å²) in [7, 11) is 0. The zero-order valence-corrected chi connectivity index (χ0v) is 10.0. The van der Waals surface area contributed by atoms with Crippen molar-refractivity contribution in [2.24, 2.45) is 0 Å². The lowest BCUT2D eigenvalue weighted by molar-refractivity contribution is 0.532. The summed E-state index contributed by atoms with van der Waals surface area (Å²) in [5, 5.41) is 7.41. The monoisotopic (exact) mass is 233 g/mol. The predicted molar refractivity (Wildman–Crippen MR) is 66.3 cm³/mol. The van der Waals surface area contributed by atoms with Crippen LogP contribution in [0.4, 0.5) is 10.1 Å². The van der Waals surface area contributed by atoms with Crippen molar-refractivity contribution in [1.82, 2.24) is 9.78 Å². The van der Waals surface area contributed by atoms with Crippen LogP contribution in [0, 0.1) is 5.82 Å². The van der Waals surface area contributed by atoms with E-state index < -0.39 is 0 Å². The first-order valence-electron chi connectivity index (χ1n) is 5.67. The molecule has 1 heterocycles. The number of anilines is 1. The fourth-order valence-corrected chi connectivity index (χ4v) is 1.55. The van der Waals surface area contributed by atoms with Crippen LogP contribution in [0.2, 0.25) is 0 Å². The van der Waals surface area contributed by atoms with Crippen molar-refractivity contribution in [3.05, 3.63) is 48.0 Å². The first-order chi connectivity index (χ1) is 8.15. The van der Waals surface area contributed by atoms with E-state index in [1.807, 2.05) is 23.1 Å². The third-order valence-electron chi connectivity index (χ3n) is 2.51. The Bertz CT molecular complexity index is 491. The van der Waals surface area contributed by atoms with Crippen molar-refractivity contribution in [2.45, 2.75) is 26.4 Å².